The highest BCUT2D eigenvalue weighted by atomic mass is 32.1. The van der Waals surface area contributed by atoms with Crippen molar-refractivity contribution in [2.24, 2.45) is 0 Å². The number of amides is 1. The lowest BCUT2D eigenvalue weighted by atomic mass is 10.1. The fourth-order valence-corrected chi connectivity index (χ4v) is 3.44. The van der Waals surface area contributed by atoms with Gasteiger partial charge in [0, 0.05) is 18.0 Å². The maximum atomic E-state index is 12.3. The summed E-state index contributed by atoms with van der Waals surface area (Å²) in [6.07, 6.45) is 5.84. The molecule has 1 fully saturated rings. The number of likely N-dealkylation sites (tertiary alicyclic amines) is 1. The first-order valence-electron chi connectivity index (χ1n) is 6.61. The Labute approximate surface area is 108 Å². The van der Waals surface area contributed by atoms with Crippen LogP contribution in [0.2, 0.25) is 0 Å². The zero-order valence-electron chi connectivity index (χ0n) is 10.8. The van der Waals surface area contributed by atoms with Crippen LogP contribution in [0, 0.1) is 6.92 Å². The molecule has 0 N–H and O–H groups in total. The summed E-state index contributed by atoms with van der Waals surface area (Å²) in [6.45, 7) is 6.20. The van der Waals surface area contributed by atoms with Crippen molar-refractivity contribution < 1.29 is 4.79 Å². The summed E-state index contributed by atoms with van der Waals surface area (Å²) in [6, 6.07) is 2.11. The highest BCUT2D eigenvalue weighted by Gasteiger charge is 2.20. The molecule has 0 radical (unpaired) electrons. The maximum absolute atomic E-state index is 12.3. The van der Waals surface area contributed by atoms with Crippen LogP contribution < -0.4 is 0 Å². The van der Waals surface area contributed by atoms with E-state index in [1.807, 2.05) is 4.90 Å². The van der Waals surface area contributed by atoms with Gasteiger partial charge in [0.15, 0.2) is 0 Å². The second-order valence-corrected chi connectivity index (χ2v) is 6.05. The van der Waals surface area contributed by atoms with Crippen LogP contribution in [0.3, 0.4) is 0 Å². The number of rotatable bonds is 3. The molecule has 0 bridgehead atoms. The minimum absolute atomic E-state index is 0.250. The molecule has 1 amide bonds. The van der Waals surface area contributed by atoms with E-state index in [9.17, 15) is 4.79 Å². The van der Waals surface area contributed by atoms with Gasteiger partial charge in [-0.3, -0.25) is 4.79 Å². The standard InChI is InChI=1S/C14H21NOS/c1-3-7-12-10-13(17-11(12)2)14(16)15-8-5-4-6-9-15/h10H,3-9H2,1-2H3. The topological polar surface area (TPSA) is 20.3 Å². The summed E-state index contributed by atoms with van der Waals surface area (Å²) >= 11 is 1.66. The van der Waals surface area contributed by atoms with Crippen molar-refractivity contribution in [1.82, 2.24) is 4.90 Å². The summed E-state index contributed by atoms with van der Waals surface area (Å²) in [5.74, 6) is 0.250. The van der Waals surface area contributed by atoms with Crippen molar-refractivity contribution >= 4 is 17.2 Å². The van der Waals surface area contributed by atoms with Crippen molar-refractivity contribution in [3.8, 4) is 0 Å². The minimum atomic E-state index is 0.250. The first-order valence-corrected chi connectivity index (χ1v) is 7.42. The number of carbonyl (C=O) groups is 1. The lowest BCUT2D eigenvalue weighted by Gasteiger charge is -2.26. The van der Waals surface area contributed by atoms with Crippen molar-refractivity contribution in [3.05, 3.63) is 21.4 Å². The molecule has 1 aliphatic heterocycles. The Morgan fingerprint density at radius 1 is 1.35 bits per heavy atom. The van der Waals surface area contributed by atoms with Gasteiger partial charge in [-0.2, -0.15) is 0 Å². The molecular weight excluding hydrogens is 230 g/mol. The summed E-state index contributed by atoms with van der Waals surface area (Å²) in [5.41, 5.74) is 1.36. The average molecular weight is 251 g/mol. The first-order chi connectivity index (χ1) is 8.22. The maximum Gasteiger partial charge on any atom is 0.263 e. The molecule has 17 heavy (non-hydrogen) atoms. The number of nitrogens with zero attached hydrogens (tertiary/aromatic N) is 1. The predicted molar refractivity (Wildman–Crippen MR) is 72.8 cm³/mol. The molecule has 1 aromatic heterocycles. The van der Waals surface area contributed by atoms with E-state index in [1.54, 1.807) is 11.3 Å². The van der Waals surface area contributed by atoms with E-state index < -0.39 is 0 Å². The normalized spacial score (nSPS) is 16.2. The molecule has 0 aromatic carbocycles. The van der Waals surface area contributed by atoms with E-state index in [0.29, 0.717) is 0 Å². The third kappa shape index (κ3) is 2.89. The number of piperidine rings is 1. The van der Waals surface area contributed by atoms with Gasteiger partial charge in [-0.25, -0.2) is 0 Å². The Balaban J connectivity index is 2.10. The van der Waals surface area contributed by atoms with Crippen LogP contribution in [0.25, 0.3) is 0 Å². The summed E-state index contributed by atoms with van der Waals surface area (Å²) < 4.78 is 0. The SMILES string of the molecule is CCCc1cc(C(=O)N2CCCCC2)sc1C. The van der Waals surface area contributed by atoms with Crippen molar-refractivity contribution in [1.29, 1.82) is 0 Å². The number of thiophene rings is 1. The molecule has 1 aromatic rings. The number of carbonyl (C=O) groups excluding carboxylic acids is 1. The molecule has 1 aliphatic rings. The van der Waals surface area contributed by atoms with Crippen LogP contribution in [0.5, 0.6) is 0 Å². The number of aryl methyl sites for hydroxylation is 2. The molecule has 0 atom stereocenters. The molecule has 1 saturated heterocycles. The third-order valence-electron chi connectivity index (χ3n) is 3.39. The fraction of sp³-hybridized carbons (Fsp3) is 0.643. The Hall–Kier alpha value is -0.830. The van der Waals surface area contributed by atoms with Crippen LogP contribution in [0.1, 0.15) is 52.7 Å². The predicted octanol–water partition coefficient (Wildman–Crippen LogP) is 3.64. The van der Waals surface area contributed by atoms with E-state index in [1.165, 1.54) is 16.9 Å². The van der Waals surface area contributed by atoms with Gasteiger partial charge in [-0.1, -0.05) is 13.3 Å². The van der Waals surface area contributed by atoms with Crippen LogP contribution in [-0.2, 0) is 6.42 Å². The molecule has 3 heteroatoms. The second-order valence-electron chi connectivity index (χ2n) is 4.79. The van der Waals surface area contributed by atoms with E-state index >= 15 is 0 Å². The van der Waals surface area contributed by atoms with Crippen molar-refractivity contribution in [2.45, 2.75) is 46.0 Å². The lowest BCUT2D eigenvalue weighted by molar-refractivity contribution is 0.0729. The molecule has 2 nitrogen and oxygen atoms in total. The van der Waals surface area contributed by atoms with Gasteiger partial charge in [0.25, 0.3) is 5.91 Å². The van der Waals surface area contributed by atoms with Crippen LogP contribution in [0.15, 0.2) is 6.07 Å². The van der Waals surface area contributed by atoms with Gasteiger partial charge in [-0.15, -0.1) is 11.3 Å². The highest BCUT2D eigenvalue weighted by Crippen LogP contribution is 2.25. The molecular formula is C14H21NOS. The quantitative estimate of drug-likeness (QED) is 0.803. The van der Waals surface area contributed by atoms with Gasteiger partial charge < -0.3 is 4.90 Å². The van der Waals surface area contributed by atoms with Crippen LogP contribution >= 0.6 is 11.3 Å². The molecule has 0 saturated carbocycles. The number of hydrogen-bond acceptors (Lipinski definition) is 2. The van der Waals surface area contributed by atoms with Crippen LogP contribution in [0.4, 0.5) is 0 Å². The fourth-order valence-electron chi connectivity index (χ4n) is 2.40. The van der Waals surface area contributed by atoms with Gasteiger partial charge in [-0.05, 0) is 44.2 Å². The zero-order chi connectivity index (χ0) is 12.3. The van der Waals surface area contributed by atoms with Crippen LogP contribution in [-0.4, -0.2) is 23.9 Å². The van der Waals surface area contributed by atoms with Gasteiger partial charge >= 0.3 is 0 Å². The van der Waals surface area contributed by atoms with E-state index in [0.717, 1.165) is 43.6 Å². The second kappa shape index (κ2) is 5.67. The summed E-state index contributed by atoms with van der Waals surface area (Å²) in [4.78, 5) is 16.6. The molecule has 0 unspecified atom stereocenters. The van der Waals surface area contributed by atoms with Crippen molar-refractivity contribution in [2.75, 3.05) is 13.1 Å². The molecule has 2 heterocycles. The first kappa shape index (κ1) is 12.6. The lowest BCUT2D eigenvalue weighted by Crippen LogP contribution is -2.35. The third-order valence-corrected chi connectivity index (χ3v) is 4.47. The molecule has 94 valence electrons. The van der Waals surface area contributed by atoms with Gasteiger partial charge in [0.05, 0.1) is 4.88 Å². The highest BCUT2D eigenvalue weighted by molar-refractivity contribution is 7.14. The van der Waals surface area contributed by atoms with Crippen molar-refractivity contribution in [3.63, 3.8) is 0 Å². The number of hydrogen-bond donors (Lipinski definition) is 0. The largest absolute Gasteiger partial charge is 0.338 e. The molecule has 0 spiro atoms. The molecule has 2 rings (SSSR count). The zero-order valence-corrected chi connectivity index (χ0v) is 11.6. The average Bonchev–Trinajstić information content (AvgIpc) is 2.72. The molecule has 0 aliphatic carbocycles. The van der Waals surface area contributed by atoms with Gasteiger partial charge in [0.1, 0.15) is 0 Å². The Morgan fingerprint density at radius 2 is 2.06 bits per heavy atom. The minimum Gasteiger partial charge on any atom is -0.338 e. The van der Waals surface area contributed by atoms with Gasteiger partial charge in [0.2, 0.25) is 0 Å². The summed E-state index contributed by atoms with van der Waals surface area (Å²) in [5, 5.41) is 0. The van der Waals surface area contributed by atoms with E-state index in [4.69, 9.17) is 0 Å². The van der Waals surface area contributed by atoms with E-state index in [-0.39, 0.29) is 5.91 Å². The van der Waals surface area contributed by atoms with E-state index in [2.05, 4.69) is 19.9 Å². The Kier molecular flexibility index (Phi) is 4.21. The monoisotopic (exact) mass is 251 g/mol. The summed E-state index contributed by atoms with van der Waals surface area (Å²) in [7, 11) is 0. The Morgan fingerprint density at radius 3 is 2.71 bits per heavy atom. The Bertz CT molecular complexity index is 391. The smallest absolute Gasteiger partial charge is 0.263 e.